The Morgan fingerprint density at radius 2 is 1.15 bits per heavy atom. The van der Waals surface area contributed by atoms with Gasteiger partial charge in [-0.15, -0.1) is 0 Å². The summed E-state index contributed by atoms with van der Waals surface area (Å²) in [5.41, 5.74) is 15.5. The van der Waals surface area contributed by atoms with Crippen molar-refractivity contribution in [2.45, 2.75) is 25.5 Å². The van der Waals surface area contributed by atoms with Crippen LogP contribution in [0.3, 0.4) is 0 Å². The highest BCUT2D eigenvalue weighted by atomic mass is 16.5. The maximum absolute atomic E-state index is 6.36. The number of hydrogen-bond acceptors (Lipinski definition) is 3. The van der Waals surface area contributed by atoms with Gasteiger partial charge in [0.25, 0.3) is 0 Å². The predicted octanol–water partition coefficient (Wildman–Crippen LogP) is 13.5. The molecule has 10 rings (SSSR count). The van der Waals surface area contributed by atoms with Crippen LogP contribution >= 0.6 is 0 Å². The SMILES string of the molecule is CC1(C)c2ccccc2-c2ccc(N(c3ccc(-c4ccc5ccc6c(c5c4)NC(c4ccccc4)O6)cc3)c3ccccc3-c3ccccc3)cc21. The van der Waals surface area contributed by atoms with Gasteiger partial charge in [0.05, 0.1) is 11.4 Å². The minimum absolute atomic E-state index is 0.103. The van der Waals surface area contributed by atoms with Gasteiger partial charge in [-0.25, -0.2) is 0 Å². The van der Waals surface area contributed by atoms with E-state index in [0.29, 0.717) is 0 Å². The zero-order chi connectivity index (χ0) is 35.5. The maximum Gasteiger partial charge on any atom is 0.196 e. The lowest BCUT2D eigenvalue weighted by Crippen LogP contribution is -2.16. The number of rotatable bonds is 6. The van der Waals surface area contributed by atoms with Crippen LogP contribution in [0.2, 0.25) is 0 Å². The average molecular weight is 683 g/mol. The van der Waals surface area contributed by atoms with Gasteiger partial charge in [0.1, 0.15) is 5.75 Å². The van der Waals surface area contributed by atoms with Crippen LogP contribution in [-0.4, -0.2) is 0 Å². The Balaban J connectivity index is 1.06. The van der Waals surface area contributed by atoms with Crippen LogP contribution in [0, 0.1) is 0 Å². The molecule has 0 radical (unpaired) electrons. The van der Waals surface area contributed by atoms with Crippen molar-refractivity contribution < 1.29 is 4.74 Å². The van der Waals surface area contributed by atoms with E-state index in [1.54, 1.807) is 0 Å². The number of benzene rings is 8. The highest BCUT2D eigenvalue weighted by Crippen LogP contribution is 2.51. The van der Waals surface area contributed by atoms with Crippen molar-refractivity contribution in [3.63, 3.8) is 0 Å². The van der Waals surface area contributed by atoms with Crippen LogP contribution < -0.4 is 15.0 Å². The van der Waals surface area contributed by atoms with Crippen LogP contribution in [0.5, 0.6) is 5.75 Å². The van der Waals surface area contributed by atoms with Gasteiger partial charge in [0, 0.05) is 33.3 Å². The molecule has 0 bridgehead atoms. The van der Waals surface area contributed by atoms with Crippen molar-refractivity contribution in [3.05, 3.63) is 199 Å². The van der Waals surface area contributed by atoms with Crippen LogP contribution in [0.4, 0.5) is 22.7 Å². The van der Waals surface area contributed by atoms with Crippen molar-refractivity contribution in [2.24, 2.45) is 0 Å². The standard InChI is InChI=1S/C50H38N2O/c1-50(2)44-19-11-9-18-41(44)42-29-28-39(32-45(42)50)52(46-20-12-10-17-40(46)34-13-5-3-6-14-34)38-26-23-33(24-27-38)37-22-21-35-25-30-47-48(43(35)31-37)51-49(53-47)36-15-7-4-8-16-36/h3-32,49,51H,1-2H3. The van der Waals surface area contributed by atoms with Gasteiger partial charge in [-0.05, 0) is 86.8 Å². The molecule has 1 N–H and O–H groups in total. The van der Waals surface area contributed by atoms with E-state index in [1.807, 2.05) is 6.07 Å². The second kappa shape index (κ2) is 12.3. The summed E-state index contributed by atoms with van der Waals surface area (Å²) in [5.74, 6) is 0.882. The Bertz CT molecular complexity index is 2650. The summed E-state index contributed by atoms with van der Waals surface area (Å²) in [5, 5.41) is 5.99. The first-order chi connectivity index (χ1) is 26.0. The lowest BCUT2D eigenvalue weighted by atomic mass is 9.82. The Morgan fingerprint density at radius 1 is 0.509 bits per heavy atom. The largest absolute Gasteiger partial charge is 0.464 e. The summed E-state index contributed by atoms with van der Waals surface area (Å²) in [6, 6.07) is 65.6. The molecule has 3 nitrogen and oxygen atoms in total. The van der Waals surface area contributed by atoms with E-state index in [1.165, 1.54) is 38.8 Å². The van der Waals surface area contributed by atoms with Crippen LogP contribution in [-0.2, 0) is 5.41 Å². The Morgan fingerprint density at radius 3 is 1.96 bits per heavy atom. The molecule has 1 aliphatic heterocycles. The van der Waals surface area contributed by atoms with Crippen molar-refractivity contribution in [3.8, 4) is 39.1 Å². The Hall–Kier alpha value is -6.58. The van der Waals surface area contributed by atoms with E-state index in [2.05, 4.69) is 200 Å². The first-order valence-corrected chi connectivity index (χ1v) is 18.4. The first kappa shape index (κ1) is 31.2. The highest BCUT2D eigenvalue weighted by molar-refractivity contribution is 6.00. The van der Waals surface area contributed by atoms with E-state index in [4.69, 9.17) is 4.74 Å². The molecule has 1 heterocycles. The van der Waals surface area contributed by atoms with E-state index in [-0.39, 0.29) is 11.6 Å². The van der Waals surface area contributed by atoms with Crippen molar-refractivity contribution in [2.75, 3.05) is 10.2 Å². The highest BCUT2D eigenvalue weighted by Gasteiger charge is 2.36. The summed E-state index contributed by atoms with van der Waals surface area (Å²) in [6.45, 7) is 4.70. The molecule has 3 heteroatoms. The predicted molar refractivity (Wildman–Crippen MR) is 221 cm³/mol. The summed E-state index contributed by atoms with van der Waals surface area (Å²) in [6.07, 6.45) is -0.205. The molecule has 1 aliphatic carbocycles. The fourth-order valence-corrected chi connectivity index (χ4v) is 8.39. The van der Waals surface area contributed by atoms with Crippen molar-refractivity contribution in [1.82, 2.24) is 0 Å². The van der Waals surface area contributed by atoms with Crippen molar-refractivity contribution >= 4 is 33.5 Å². The number of anilines is 4. The summed E-state index contributed by atoms with van der Waals surface area (Å²) in [7, 11) is 0. The molecular weight excluding hydrogens is 645 g/mol. The molecule has 2 aliphatic rings. The van der Waals surface area contributed by atoms with Gasteiger partial charge < -0.3 is 15.0 Å². The molecule has 0 spiro atoms. The second-order valence-electron chi connectivity index (χ2n) is 14.6. The molecular formula is C50H38N2O. The van der Waals surface area contributed by atoms with Crippen LogP contribution in [0.15, 0.2) is 182 Å². The van der Waals surface area contributed by atoms with Gasteiger partial charge in [-0.2, -0.15) is 0 Å². The molecule has 254 valence electrons. The maximum atomic E-state index is 6.36. The minimum atomic E-state index is -0.205. The van der Waals surface area contributed by atoms with Gasteiger partial charge in [-0.1, -0.05) is 153 Å². The molecule has 0 saturated carbocycles. The second-order valence-corrected chi connectivity index (χ2v) is 14.6. The third kappa shape index (κ3) is 5.19. The third-order valence-electron chi connectivity index (χ3n) is 11.1. The zero-order valence-corrected chi connectivity index (χ0v) is 29.8. The summed E-state index contributed by atoms with van der Waals surface area (Å²) in [4.78, 5) is 2.42. The van der Waals surface area contributed by atoms with Gasteiger partial charge >= 0.3 is 0 Å². The van der Waals surface area contributed by atoms with Crippen LogP contribution in [0.25, 0.3) is 44.2 Å². The van der Waals surface area contributed by atoms with Crippen LogP contribution in [0.1, 0.15) is 36.8 Å². The number of para-hydroxylation sites is 1. The topological polar surface area (TPSA) is 24.5 Å². The van der Waals surface area contributed by atoms with Gasteiger partial charge in [-0.3, -0.25) is 0 Å². The Kier molecular flexibility index (Phi) is 7.23. The zero-order valence-electron chi connectivity index (χ0n) is 29.8. The van der Waals surface area contributed by atoms with E-state index >= 15 is 0 Å². The third-order valence-corrected chi connectivity index (χ3v) is 11.1. The molecule has 1 atom stereocenters. The monoisotopic (exact) mass is 682 g/mol. The Labute approximate surface area is 310 Å². The van der Waals surface area contributed by atoms with E-state index in [9.17, 15) is 0 Å². The van der Waals surface area contributed by atoms with Crippen molar-refractivity contribution in [1.29, 1.82) is 0 Å². The lowest BCUT2D eigenvalue weighted by molar-refractivity contribution is 0.260. The molecule has 1 unspecified atom stereocenters. The minimum Gasteiger partial charge on any atom is -0.464 e. The average Bonchev–Trinajstić information content (AvgIpc) is 3.76. The lowest BCUT2D eigenvalue weighted by Gasteiger charge is -2.30. The summed E-state index contributed by atoms with van der Waals surface area (Å²) < 4.78 is 6.36. The molecule has 53 heavy (non-hydrogen) atoms. The first-order valence-electron chi connectivity index (χ1n) is 18.4. The smallest absolute Gasteiger partial charge is 0.196 e. The molecule has 0 amide bonds. The van der Waals surface area contributed by atoms with Gasteiger partial charge in [0.2, 0.25) is 0 Å². The van der Waals surface area contributed by atoms with E-state index < -0.39 is 0 Å². The summed E-state index contributed by atoms with van der Waals surface area (Å²) >= 11 is 0. The number of hydrogen-bond donors (Lipinski definition) is 1. The fourth-order valence-electron chi connectivity index (χ4n) is 8.39. The molecule has 0 saturated heterocycles. The molecule has 8 aromatic rings. The molecule has 0 fully saturated rings. The number of nitrogens with one attached hydrogen (secondary N) is 1. The fraction of sp³-hybridized carbons (Fsp3) is 0.0800. The molecule has 8 aromatic carbocycles. The number of nitrogens with zero attached hydrogens (tertiary/aromatic N) is 1. The normalized spacial score (nSPS) is 14.9. The molecule has 0 aromatic heterocycles. The quantitative estimate of drug-likeness (QED) is 0.189. The van der Waals surface area contributed by atoms with E-state index in [0.717, 1.165) is 50.6 Å². The number of fused-ring (bicyclic) bond motifs is 6. The van der Waals surface area contributed by atoms with Gasteiger partial charge in [0.15, 0.2) is 6.23 Å². The number of ether oxygens (including phenoxy) is 1.